The Bertz CT molecular complexity index is 638. The predicted molar refractivity (Wildman–Crippen MR) is 72.5 cm³/mol. The number of quaternary nitrogens is 1. The van der Waals surface area contributed by atoms with Crippen LogP contribution < -0.4 is 39.3 Å². The van der Waals surface area contributed by atoms with Crippen molar-refractivity contribution in [2.24, 2.45) is 0 Å². The van der Waals surface area contributed by atoms with Crippen molar-refractivity contribution in [1.29, 1.82) is 0 Å². The molecule has 2 aromatic rings. The number of phosphoric ester groups is 1. The van der Waals surface area contributed by atoms with E-state index < -0.39 is 7.82 Å². The first-order valence-electron chi connectivity index (χ1n) is 6.30. The van der Waals surface area contributed by atoms with Crippen LogP contribution in [-0.4, -0.2) is 36.8 Å². The van der Waals surface area contributed by atoms with Crippen LogP contribution in [0.1, 0.15) is 5.56 Å². The summed E-state index contributed by atoms with van der Waals surface area (Å²) in [6.07, 6.45) is 2.72. The second-order valence-corrected chi connectivity index (χ2v) is 6.63. The van der Waals surface area contributed by atoms with Crippen LogP contribution in [0, 0.1) is 0 Å². The van der Waals surface area contributed by atoms with Gasteiger partial charge in [-0.3, -0.25) is 0 Å². The molecule has 0 radical (unpaired) electrons. The standard InChI is InChI=1S/C13H19N2O4P.Na/c1-15(2,10-19-20(16,17)18)8-7-11-9-14-13-6-4-3-5-12(11)13;/h3-6,9,14H,7-8,10H2,1-2H3,(H-,16,17,18);/q;+1/p-1. The van der Waals surface area contributed by atoms with E-state index in [9.17, 15) is 14.4 Å². The molecule has 1 aromatic carbocycles. The SMILES string of the molecule is C[N+](C)(CCc1c[nH]c2ccccc12)COP(=O)([O-])[O-].[Na+]. The van der Waals surface area contributed by atoms with Gasteiger partial charge in [-0.1, -0.05) is 18.2 Å². The third kappa shape index (κ3) is 5.85. The molecule has 1 N–H and O–H groups in total. The summed E-state index contributed by atoms with van der Waals surface area (Å²) in [5.74, 6) is 0. The molecule has 21 heavy (non-hydrogen) atoms. The van der Waals surface area contributed by atoms with Crippen LogP contribution in [0.5, 0.6) is 0 Å². The summed E-state index contributed by atoms with van der Waals surface area (Å²) in [4.78, 5) is 24.2. The zero-order valence-corrected chi connectivity index (χ0v) is 15.4. The Labute approximate surface area is 146 Å². The number of benzene rings is 1. The van der Waals surface area contributed by atoms with Crippen LogP contribution in [0.2, 0.25) is 0 Å². The maximum atomic E-state index is 10.5. The van der Waals surface area contributed by atoms with E-state index in [1.165, 1.54) is 5.56 Å². The number of nitrogens with zero attached hydrogens (tertiary/aromatic N) is 1. The van der Waals surface area contributed by atoms with Gasteiger partial charge in [0.15, 0.2) is 6.73 Å². The third-order valence-corrected chi connectivity index (χ3v) is 3.66. The van der Waals surface area contributed by atoms with Gasteiger partial charge in [0.25, 0.3) is 0 Å². The minimum absolute atomic E-state index is 0. The van der Waals surface area contributed by atoms with E-state index in [0.29, 0.717) is 11.0 Å². The van der Waals surface area contributed by atoms with E-state index in [4.69, 9.17) is 0 Å². The second-order valence-electron chi connectivity index (χ2n) is 5.47. The van der Waals surface area contributed by atoms with Crippen molar-refractivity contribution < 1.29 is 52.9 Å². The van der Waals surface area contributed by atoms with Crippen molar-refractivity contribution >= 4 is 18.7 Å². The van der Waals surface area contributed by atoms with E-state index in [2.05, 4.69) is 9.51 Å². The molecular weight excluding hydrogens is 302 g/mol. The Kier molecular flexibility index (Phi) is 6.65. The van der Waals surface area contributed by atoms with Crippen LogP contribution >= 0.6 is 7.82 Å². The van der Waals surface area contributed by atoms with Crippen molar-refractivity contribution in [1.82, 2.24) is 4.98 Å². The number of aromatic amines is 1. The predicted octanol–water partition coefficient (Wildman–Crippen LogP) is -2.41. The first-order chi connectivity index (χ1) is 9.27. The number of para-hydroxylation sites is 1. The second kappa shape index (κ2) is 7.40. The molecule has 1 heterocycles. The maximum Gasteiger partial charge on any atom is 1.00 e. The largest absolute Gasteiger partial charge is 1.00 e. The van der Waals surface area contributed by atoms with Crippen LogP contribution in [0.3, 0.4) is 0 Å². The fourth-order valence-electron chi connectivity index (χ4n) is 2.05. The normalized spacial score (nSPS) is 12.4. The van der Waals surface area contributed by atoms with E-state index in [-0.39, 0.29) is 36.3 Å². The molecule has 6 nitrogen and oxygen atoms in total. The molecule has 0 aliphatic rings. The summed E-state index contributed by atoms with van der Waals surface area (Å²) in [6.45, 7) is 0.522. The molecule has 0 unspecified atom stereocenters. The number of phosphoric acid groups is 1. The van der Waals surface area contributed by atoms with E-state index in [0.717, 1.165) is 17.3 Å². The summed E-state index contributed by atoms with van der Waals surface area (Å²) in [7, 11) is -1.26. The summed E-state index contributed by atoms with van der Waals surface area (Å²) >= 11 is 0. The topological polar surface area (TPSA) is 88.2 Å². The van der Waals surface area contributed by atoms with Gasteiger partial charge in [0.2, 0.25) is 0 Å². The maximum absolute atomic E-state index is 10.5. The van der Waals surface area contributed by atoms with Crippen molar-refractivity contribution in [2.45, 2.75) is 6.42 Å². The smallest absolute Gasteiger partial charge is 0.790 e. The number of nitrogens with one attached hydrogen (secondary N) is 1. The van der Waals surface area contributed by atoms with Gasteiger partial charge >= 0.3 is 29.6 Å². The molecule has 0 atom stereocenters. The number of hydrogen-bond acceptors (Lipinski definition) is 4. The number of aromatic nitrogens is 1. The Morgan fingerprint density at radius 3 is 2.62 bits per heavy atom. The third-order valence-electron chi connectivity index (χ3n) is 3.23. The Balaban J connectivity index is 0.00000220. The fourth-order valence-corrected chi connectivity index (χ4v) is 2.51. The van der Waals surface area contributed by atoms with Gasteiger partial charge in [-0.05, 0) is 11.6 Å². The van der Waals surface area contributed by atoms with Crippen LogP contribution in [0.4, 0.5) is 0 Å². The number of H-pyrrole nitrogens is 1. The molecule has 8 heteroatoms. The van der Waals surface area contributed by atoms with Crippen LogP contribution in [0.15, 0.2) is 30.5 Å². The zero-order chi connectivity index (χ0) is 14.8. The molecule has 0 aliphatic heterocycles. The zero-order valence-electron chi connectivity index (χ0n) is 12.5. The number of fused-ring (bicyclic) bond motifs is 1. The fraction of sp³-hybridized carbons (Fsp3) is 0.385. The molecule has 0 amide bonds. The minimum atomic E-state index is -4.91. The number of rotatable bonds is 6. The molecule has 0 saturated heterocycles. The van der Waals surface area contributed by atoms with E-state index >= 15 is 0 Å². The number of likely N-dealkylation sites (N-methyl/N-ethyl adjacent to an activating group) is 1. The van der Waals surface area contributed by atoms with Gasteiger partial charge in [-0.15, -0.1) is 0 Å². The Morgan fingerprint density at radius 2 is 1.95 bits per heavy atom. The van der Waals surface area contributed by atoms with Crippen molar-refractivity contribution in [3.8, 4) is 0 Å². The van der Waals surface area contributed by atoms with Gasteiger partial charge in [0.05, 0.1) is 28.5 Å². The molecule has 0 saturated carbocycles. The summed E-state index contributed by atoms with van der Waals surface area (Å²) in [5.41, 5.74) is 2.24. The molecule has 0 fully saturated rings. The van der Waals surface area contributed by atoms with E-state index in [1.807, 2.05) is 44.6 Å². The Morgan fingerprint density at radius 1 is 1.29 bits per heavy atom. The Hall–Kier alpha value is -0.170. The minimum Gasteiger partial charge on any atom is -0.790 e. The van der Waals surface area contributed by atoms with Gasteiger partial charge in [0, 0.05) is 23.5 Å². The van der Waals surface area contributed by atoms with Gasteiger partial charge < -0.3 is 28.3 Å². The molecule has 110 valence electrons. The number of hydrogen-bond donors (Lipinski definition) is 1. The van der Waals surface area contributed by atoms with Gasteiger partial charge in [0.1, 0.15) is 0 Å². The summed E-state index contributed by atoms with van der Waals surface area (Å²) < 4.78 is 15.2. The van der Waals surface area contributed by atoms with E-state index in [1.54, 1.807) is 0 Å². The van der Waals surface area contributed by atoms with Crippen LogP contribution in [0.25, 0.3) is 10.9 Å². The molecule has 0 spiro atoms. The first-order valence-corrected chi connectivity index (χ1v) is 7.76. The summed E-state index contributed by atoms with van der Waals surface area (Å²) in [6, 6.07) is 8.00. The quantitative estimate of drug-likeness (QED) is 0.278. The molecule has 0 bridgehead atoms. The van der Waals surface area contributed by atoms with Crippen LogP contribution in [-0.2, 0) is 15.5 Å². The van der Waals surface area contributed by atoms with Crippen molar-refractivity contribution in [2.75, 3.05) is 27.4 Å². The van der Waals surface area contributed by atoms with Crippen molar-refractivity contribution in [3.63, 3.8) is 0 Å². The summed E-state index contributed by atoms with van der Waals surface area (Å²) in [5, 5.41) is 1.16. The average molecular weight is 320 g/mol. The molecular formula is C13H18N2NaO4P. The monoisotopic (exact) mass is 320 g/mol. The molecule has 0 aliphatic carbocycles. The molecule has 2 rings (SSSR count). The first kappa shape index (κ1) is 18.9. The average Bonchev–Trinajstić information content (AvgIpc) is 2.77. The molecule has 1 aromatic heterocycles. The van der Waals surface area contributed by atoms with Gasteiger partial charge in [-0.2, -0.15) is 0 Å². The van der Waals surface area contributed by atoms with Crippen molar-refractivity contribution in [3.05, 3.63) is 36.0 Å². The van der Waals surface area contributed by atoms with Gasteiger partial charge in [-0.25, -0.2) is 0 Å².